The normalized spacial score (nSPS) is 14.5. The third-order valence-electron chi connectivity index (χ3n) is 2.29. The summed E-state index contributed by atoms with van der Waals surface area (Å²) in [6, 6.07) is 8.63. The highest BCUT2D eigenvalue weighted by Gasteiger charge is 2.08. The summed E-state index contributed by atoms with van der Waals surface area (Å²) < 4.78 is 0. The SMILES string of the molecule is CCC1=Cc2ccccc2C1. The van der Waals surface area contributed by atoms with E-state index in [9.17, 15) is 0 Å². The molecule has 0 N–H and O–H groups in total. The van der Waals surface area contributed by atoms with Gasteiger partial charge in [-0.15, -0.1) is 0 Å². The summed E-state index contributed by atoms with van der Waals surface area (Å²) in [6.07, 6.45) is 4.68. The molecule has 0 unspecified atom stereocenters. The molecule has 1 aliphatic carbocycles. The summed E-state index contributed by atoms with van der Waals surface area (Å²) in [5.41, 5.74) is 4.47. The van der Waals surface area contributed by atoms with Crippen LogP contribution in [0.3, 0.4) is 0 Å². The molecule has 0 amide bonds. The zero-order valence-corrected chi connectivity index (χ0v) is 6.80. The van der Waals surface area contributed by atoms with Crippen molar-refractivity contribution in [3.8, 4) is 0 Å². The van der Waals surface area contributed by atoms with E-state index in [1.807, 2.05) is 0 Å². The topological polar surface area (TPSA) is 0 Å². The van der Waals surface area contributed by atoms with Gasteiger partial charge < -0.3 is 0 Å². The van der Waals surface area contributed by atoms with Crippen molar-refractivity contribution < 1.29 is 0 Å². The molecule has 0 saturated carbocycles. The third kappa shape index (κ3) is 1.09. The molecule has 2 rings (SSSR count). The van der Waals surface area contributed by atoms with Crippen LogP contribution >= 0.6 is 0 Å². The molecule has 0 heteroatoms. The Balaban J connectivity index is 2.39. The number of allylic oxidation sites excluding steroid dienone is 1. The first-order valence-corrected chi connectivity index (χ1v) is 4.17. The summed E-state index contributed by atoms with van der Waals surface area (Å²) in [7, 11) is 0. The smallest absolute Gasteiger partial charge is 0.00579 e. The lowest BCUT2D eigenvalue weighted by molar-refractivity contribution is 1.04. The fourth-order valence-electron chi connectivity index (χ4n) is 1.58. The molecule has 1 aromatic carbocycles. The molecule has 0 aromatic heterocycles. The highest BCUT2D eigenvalue weighted by molar-refractivity contribution is 5.63. The van der Waals surface area contributed by atoms with Gasteiger partial charge in [0, 0.05) is 0 Å². The summed E-state index contributed by atoms with van der Waals surface area (Å²) in [5.74, 6) is 0. The first kappa shape index (κ1) is 6.66. The molecule has 0 aliphatic heterocycles. The van der Waals surface area contributed by atoms with Crippen molar-refractivity contribution in [2.75, 3.05) is 0 Å². The van der Waals surface area contributed by atoms with Crippen LogP contribution in [0, 0.1) is 0 Å². The Kier molecular flexibility index (Phi) is 1.54. The summed E-state index contributed by atoms with van der Waals surface area (Å²) in [4.78, 5) is 0. The molecule has 0 saturated heterocycles. The van der Waals surface area contributed by atoms with E-state index in [0.29, 0.717) is 0 Å². The molecule has 0 fully saturated rings. The molecule has 1 aliphatic rings. The van der Waals surface area contributed by atoms with Crippen LogP contribution in [0.2, 0.25) is 0 Å². The second kappa shape index (κ2) is 2.54. The van der Waals surface area contributed by atoms with Crippen LogP contribution in [0.1, 0.15) is 24.5 Å². The molecule has 0 nitrogen and oxygen atoms in total. The average Bonchev–Trinajstić information content (AvgIpc) is 2.46. The van der Waals surface area contributed by atoms with E-state index in [2.05, 4.69) is 37.3 Å². The van der Waals surface area contributed by atoms with Crippen LogP contribution in [0.4, 0.5) is 0 Å². The molecule has 0 atom stereocenters. The molecule has 0 heterocycles. The minimum Gasteiger partial charge on any atom is -0.0655 e. The maximum absolute atomic E-state index is 2.31. The Morgan fingerprint density at radius 2 is 2.09 bits per heavy atom. The van der Waals surface area contributed by atoms with Crippen molar-refractivity contribution in [3.63, 3.8) is 0 Å². The Morgan fingerprint density at radius 3 is 2.82 bits per heavy atom. The standard InChI is InChI=1S/C11H12/c1-2-9-7-10-5-3-4-6-11(10)8-9/h3-7H,2,8H2,1H3. The fraction of sp³-hybridized carbons (Fsp3) is 0.273. The lowest BCUT2D eigenvalue weighted by atomic mass is 10.1. The molecule has 0 bridgehead atoms. The van der Waals surface area contributed by atoms with Gasteiger partial charge in [-0.1, -0.05) is 42.8 Å². The Bertz CT molecular complexity index is 295. The minimum atomic E-state index is 1.17. The van der Waals surface area contributed by atoms with E-state index in [4.69, 9.17) is 0 Å². The first-order valence-electron chi connectivity index (χ1n) is 4.17. The van der Waals surface area contributed by atoms with E-state index in [1.54, 1.807) is 5.57 Å². The van der Waals surface area contributed by atoms with E-state index in [-0.39, 0.29) is 0 Å². The lowest BCUT2D eigenvalue weighted by Crippen LogP contribution is -1.81. The average molecular weight is 144 g/mol. The van der Waals surface area contributed by atoms with Gasteiger partial charge in [0.2, 0.25) is 0 Å². The molecule has 11 heavy (non-hydrogen) atoms. The number of hydrogen-bond donors (Lipinski definition) is 0. The predicted molar refractivity (Wildman–Crippen MR) is 48.4 cm³/mol. The maximum Gasteiger partial charge on any atom is -0.00579 e. The van der Waals surface area contributed by atoms with Gasteiger partial charge in [0.05, 0.1) is 0 Å². The molecule has 0 spiro atoms. The lowest BCUT2D eigenvalue weighted by Gasteiger charge is -1.95. The highest BCUT2D eigenvalue weighted by atomic mass is 14.1. The van der Waals surface area contributed by atoms with Gasteiger partial charge in [-0.2, -0.15) is 0 Å². The van der Waals surface area contributed by atoms with Crippen molar-refractivity contribution in [2.24, 2.45) is 0 Å². The van der Waals surface area contributed by atoms with Crippen LogP contribution < -0.4 is 0 Å². The van der Waals surface area contributed by atoms with Crippen molar-refractivity contribution in [3.05, 3.63) is 41.0 Å². The van der Waals surface area contributed by atoms with E-state index >= 15 is 0 Å². The number of fused-ring (bicyclic) bond motifs is 1. The highest BCUT2D eigenvalue weighted by Crippen LogP contribution is 2.25. The molecule has 0 radical (unpaired) electrons. The minimum absolute atomic E-state index is 1.17. The Labute approximate surface area is 67.6 Å². The second-order valence-corrected chi connectivity index (χ2v) is 3.03. The van der Waals surface area contributed by atoms with Crippen molar-refractivity contribution in [2.45, 2.75) is 19.8 Å². The molecule has 56 valence electrons. The van der Waals surface area contributed by atoms with Crippen LogP contribution in [-0.4, -0.2) is 0 Å². The zero-order valence-electron chi connectivity index (χ0n) is 6.80. The summed E-state index contributed by atoms with van der Waals surface area (Å²) in [5, 5.41) is 0. The molecule has 1 aromatic rings. The van der Waals surface area contributed by atoms with E-state index < -0.39 is 0 Å². The monoisotopic (exact) mass is 144 g/mol. The fourth-order valence-corrected chi connectivity index (χ4v) is 1.58. The molecular weight excluding hydrogens is 132 g/mol. The second-order valence-electron chi connectivity index (χ2n) is 3.03. The largest absolute Gasteiger partial charge is 0.0655 e. The van der Waals surface area contributed by atoms with Crippen molar-refractivity contribution in [1.82, 2.24) is 0 Å². The van der Waals surface area contributed by atoms with Gasteiger partial charge in [-0.3, -0.25) is 0 Å². The quantitative estimate of drug-likeness (QED) is 0.568. The predicted octanol–water partition coefficient (Wildman–Crippen LogP) is 3.04. The van der Waals surface area contributed by atoms with Gasteiger partial charge in [0.1, 0.15) is 0 Å². The van der Waals surface area contributed by atoms with Gasteiger partial charge in [-0.25, -0.2) is 0 Å². The van der Waals surface area contributed by atoms with Gasteiger partial charge in [0.15, 0.2) is 0 Å². The summed E-state index contributed by atoms with van der Waals surface area (Å²) in [6.45, 7) is 2.22. The zero-order chi connectivity index (χ0) is 7.68. The third-order valence-corrected chi connectivity index (χ3v) is 2.29. The Morgan fingerprint density at radius 1 is 1.27 bits per heavy atom. The number of benzene rings is 1. The van der Waals surface area contributed by atoms with Gasteiger partial charge >= 0.3 is 0 Å². The number of rotatable bonds is 1. The van der Waals surface area contributed by atoms with E-state index in [0.717, 1.165) is 0 Å². The van der Waals surface area contributed by atoms with Crippen LogP contribution in [0.5, 0.6) is 0 Å². The molecular formula is C11H12. The van der Waals surface area contributed by atoms with Gasteiger partial charge in [-0.05, 0) is 24.0 Å². The number of hydrogen-bond acceptors (Lipinski definition) is 0. The van der Waals surface area contributed by atoms with Gasteiger partial charge in [0.25, 0.3) is 0 Å². The van der Waals surface area contributed by atoms with E-state index in [1.165, 1.54) is 24.0 Å². The van der Waals surface area contributed by atoms with Crippen molar-refractivity contribution >= 4 is 6.08 Å². The summed E-state index contributed by atoms with van der Waals surface area (Å²) >= 11 is 0. The van der Waals surface area contributed by atoms with Crippen LogP contribution in [-0.2, 0) is 6.42 Å². The Hall–Kier alpha value is -1.04. The van der Waals surface area contributed by atoms with Crippen LogP contribution in [0.25, 0.3) is 6.08 Å². The van der Waals surface area contributed by atoms with Crippen LogP contribution in [0.15, 0.2) is 29.8 Å². The maximum atomic E-state index is 2.31. The first-order chi connectivity index (χ1) is 5.40. The van der Waals surface area contributed by atoms with Crippen molar-refractivity contribution in [1.29, 1.82) is 0 Å².